The number of carbonyl (C=O) groups is 1. The van der Waals surface area contributed by atoms with Crippen LogP contribution in [0.25, 0.3) is 0 Å². The highest BCUT2D eigenvalue weighted by atomic mass is 16.2. The molecule has 3 atom stereocenters. The van der Waals surface area contributed by atoms with E-state index in [0.717, 1.165) is 0 Å². The van der Waals surface area contributed by atoms with Gasteiger partial charge >= 0.3 is 0 Å². The normalized spacial score (nSPS) is 25.7. The van der Waals surface area contributed by atoms with Crippen molar-refractivity contribution in [2.24, 2.45) is 11.8 Å². The Labute approximate surface area is 136 Å². The van der Waals surface area contributed by atoms with E-state index in [4.69, 9.17) is 0 Å². The predicted octanol–water partition coefficient (Wildman–Crippen LogP) is 4.13. The Bertz CT molecular complexity index is 748. The first-order valence-corrected chi connectivity index (χ1v) is 8.09. The van der Waals surface area contributed by atoms with Crippen LogP contribution in [-0.4, -0.2) is 10.8 Å². The Hall–Kier alpha value is -2.61. The van der Waals surface area contributed by atoms with Crippen molar-refractivity contribution < 1.29 is 4.79 Å². The van der Waals surface area contributed by atoms with Gasteiger partial charge in [0.05, 0.1) is 12.0 Å². The van der Waals surface area contributed by atoms with Gasteiger partial charge in [-0.05, 0) is 11.1 Å². The molecule has 0 bridgehead atoms. The molecule has 1 fully saturated rings. The third-order valence-corrected chi connectivity index (χ3v) is 4.78. The van der Waals surface area contributed by atoms with Crippen LogP contribution >= 0.6 is 0 Å². The summed E-state index contributed by atoms with van der Waals surface area (Å²) in [5, 5.41) is 0. The summed E-state index contributed by atoms with van der Waals surface area (Å²) in [5.74, 6) is 0.417. The van der Waals surface area contributed by atoms with Crippen LogP contribution in [0.1, 0.15) is 17.2 Å². The van der Waals surface area contributed by atoms with Crippen LogP contribution in [0.4, 0.5) is 0 Å². The van der Waals surface area contributed by atoms with Gasteiger partial charge in [0.15, 0.2) is 0 Å². The van der Waals surface area contributed by atoms with Gasteiger partial charge in [0.1, 0.15) is 0 Å². The van der Waals surface area contributed by atoms with Crippen LogP contribution in [0.5, 0.6) is 0 Å². The van der Waals surface area contributed by atoms with Gasteiger partial charge in [0.2, 0.25) is 5.91 Å². The molecule has 0 saturated carbocycles. The van der Waals surface area contributed by atoms with Crippen molar-refractivity contribution in [2.75, 3.05) is 0 Å². The van der Waals surface area contributed by atoms with Crippen LogP contribution in [0.2, 0.25) is 0 Å². The molecule has 0 aromatic heterocycles. The summed E-state index contributed by atoms with van der Waals surface area (Å²) in [6.45, 7) is 0.661. The lowest BCUT2D eigenvalue weighted by Gasteiger charge is -2.28. The monoisotopic (exact) mass is 301 g/mol. The van der Waals surface area contributed by atoms with E-state index < -0.39 is 0 Å². The zero-order chi connectivity index (χ0) is 15.6. The first kappa shape index (κ1) is 14.0. The molecule has 1 saturated heterocycles. The largest absolute Gasteiger partial charge is 0.330 e. The molecule has 0 spiro atoms. The molecule has 0 radical (unpaired) electrons. The molecule has 2 aliphatic rings. The third-order valence-electron chi connectivity index (χ3n) is 4.78. The van der Waals surface area contributed by atoms with Gasteiger partial charge in [0, 0.05) is 12.5 Å². The molecule has 4 rings (SSSR count). The number of rotatable bonds is 3. The van der Waals surface area contributed by atoms with Gasteiger partial charge in [-0.2, -0.15) is 0 Å². The highest BCUT2D eigenvalue weighted by Crippen LogP contribution is 2.45. The smallest absolute Gasteiger partial charge is 0.231 e. The fourth-order valence-corrected chi connectivity index (χ4v) is 3.72. The van der Waals surface area contributed by atoms with Crippen LogP contribution in [0.15, 0.2) is 85.0 Å². The number of benzene rings is 2. The molecular formula is C21H19NO. The Balaban J connectivity index is 1.73. The van der Waals surface area contributed by atoms with Crippen molar-refractivity contribution in [3.05, 3.63) is 96.1 Å². The Morgan fingerprint density at radius 3 is 2.22 bits per heavy atom. The van der Waals surface area contributed by atoms with Crippen molar-refractivity contribution in [3.8, 4) is 0 Å². The fraction of sp³-hybridized carbons (Fsp3) is 0.190. The minimum Gasteiger partial charge on any atom is -0.330 e. The number of fused-ring (bicyclic) bond motifs is 1. The van der Waals surface area contributed by atoms with Gasteiger partial charge < -0.3 is 4.90 Å². The van der Waals surface area contributed by atoms with Crippen molar-refractivity contribution >= 4 is 5.91 Å². The number of hydrogen-bond acceptors (Lipinski definition) is 1. The minimum atomic E-state index is -0.0334. The highest BCUT2D eigenvalue weighted by Gasteiger charge is 2.46. The highest BCUT2D eigenvalue weighted by molar-refractivity contribution is 5.85. The van der Waals surface area contributed by atoms with E-state index in [-0.39, 0.29) is 23.8 Å². The van der Waals surface area contributed by atoms with Crippen molar-refractivity contribution in [1.29, 1.82) is 0 Å². The lowest BCUT2D eigenvalue weighted by Crippen LogP contribution is -2.29. The van der Waals surface area contributed by atoms with Crippen LogP contribution in [0, 0.1) is 11.8 Å². The maximum atomic E-state index is 13.0. The van der Waals surface area contributed by atoms with Crippen molar-refractivity contribution in [1.82, 2.24) is 4.90 Å². The van der Waals surface area contributed by atoms with Gasteiger partial charge in [-0.25, -0.2) is 0 Å². The van der Waals surface area contributed by atoms with Crippen LogP contribution in [0.3, 0.4) is 0 Å². The lowest BCUT2D eigenvalue weighted by atomic mass is 9.84. The van der Waals surface area contributed by atoms with E-state index in [9.17, 15) is 4.79 Å². The summed E-state index contributed by atoms with van der Waals surface area (Å²) in [6, 6.07) is 20.7. The number of carbonyl (C=O) groups excluding carboxylic acids is 1. The molecule has 0 unspecified atom stereocenters. The molecule has 1 heterocycles. The molecule has 1 aliphatic heterocycles. The average Bonchev–Trinajstić information content (AvgIpc) is 2.89. The molecule has 2 nitrogen and oxygen atoms in total. The lowest BCUT2D eigenvalue weighted by molar-refractivity contribution is -0.131. The maximum Gasteiger partial charge on any atom is 0.231 e. The first-order chi connectivity index (χ1) is 11.3. The fourth-order valence-electron chi connectivity index (χ4n) is 3.72. The first-order valence-electron chi connectivity index (χ1n) is 8.09. The second kappa shape index (κ2) is 5.88. The second-order valence-corrected chi connectivity index (χ2v) is 6.18. The standard InChI is InChI=1S/C21H19NO/c23-21-19-14-8-7-13-18(19)20(17-11-5-2-6-12-17)22(21)15-16-9-3-1-4-10-16/h1-14,18-20H,15H2/t18-,19+,20+/m1/s1. The van der Waals surface area contributed by atoms with Gasteiger partial charge in [-0.3, -0.25) is 4.79 Å². The number of likely N-dealkylation sites (tertiary alicyclic amines) is 1. The van der Waals surface area contributed by atoms with Crippen molar-refractivity contribution in [2.45, 2.75) is 12.6 Å². The summed E-state index contributed by atoms with van der Waals surface area (Å²) in [6.07, 6.45) is 8.29. The molecule has 114 valence electrons. The average molecular weight is 301 g/mol. The van der Waals surface area contributed by atoms with E-state index in [0.29, 0.717) is 6.54 Å². The minimum absolute atomic E-state index is 0.0334. The van der Waals surface area contributed by atoms with Gasteiger partial charge in [-0.15, -0.1) is 0 Å². The SMILES string of the molecule is O=C1[C@H]2C=CC=C[C@H]2[C@H](c2ccccc2)N1Cc1ccccc1. The Kier molecular flexibility index (Phi) is 3.58. The topological polar surface area (TPSA) is 20.3 Å². The Morgan fingerprint density at radius 1 is 0.826 bits per heavy atom. The molecule has 2 heteroatoms. The molecule has 1 amide bonds. The number of allylic oxidation sites excluding steroid dienone is 2. The summed E-state index contributed by atoms with van der Waals surface area (Å²) in [7, 11) is 0. The van der Waals surface area contributed by atoms with Crippen LogP contribution < -0.4 is 0 Å². The number of hydrogen-bond donors (Lipinski definition) is 0. The molecule has 0 N–H and O–H groups in total. The van der Waals surface area contributed by atoms with E-state index in [2.05, 4.69) is 48.6 Å². The van der Waals surface area contributed by atoms with E-state index >= 15 is 0 Å². The molecule has 2 aromatic carbocycles. The molecule has 23 heavy (non-hydrogen) atoms. The summed E-state index contributed by atoms with van der Waals surface area (Å²) >= 11 is 0. The molecule has 1 aliphatic carbocycles. The summed E-state index contributed by atoms with van der Waals surface area (Å²) < 4.78 is 0. The zero-order valence-corrected chi connectivity index (χ0v) is 12.9. The third kappa shape index (κ3) is 2.50. The molecular weight excluding hydrogens is 282 g/mol. The zero-order valence-electron chi connectivity index (χ0n) is 12.9. The van der Waals surface area contributed by atoms with Crippen LogP contribution in [-0.2, 0) is 11.3 Å². The summed E-state index contributed by atoms with van der Waals surface area (Å²) in [5.41, 5.74) is 2.39. The van der Waals surface area contributed by atoms with E-state index in [1.165, 1.54) is 11.1 Å². The van der Waals surface area contributed by atoms with Gasteiger partial charge in [-0.1, -0.05) is 85.0 Å². The van der Waals surface area contributed by atoms with E-state index in [1.54, 1.807) is 0 Å². The number of amides is 1. The van der Waals surface area contributed by atoms with Gasteiger partial charge in [0.25, 0.3) is 0 Å². The number of nitrogens with zero attached hydrogens (tertiary/aromatic N) is 1. The Morgan fingerprint density at radius 2 is 1.48 bits per heavy atom. The maximum absolute atomic E-state index is 13.0. The predicted molar refractivity (Wildman–Crippen MR) is 91.4 cm³/mol. The van der Waals surface area contributed by atoms with E-state index in [1.807, 2.05) is 41.3 Å². The second-order valence-electron chi connectivity index (χ2n) is 6.18. The molecule has 2 aromatic rings. The summed E-state index contributed by atoms with van der Waals surface area (Å²) in [4.78, 5) is 15.0. The van der Waals surface area contributed by atoms with Crippen molar-refractivity contribution in [3.63, 3.8) is 0 Å². The quantitative estimate of drug-likeness (QED) is 0.835.